The Morgan fingerprint density at radius 3 is 2.60 bits per heavy atom. The van der Waals surface area contributed by atoms with Crippen molar-refractivity contribution < 1.29 is 13.2 Å². The summed E-state index contributed by atoms with van der Waals surface area (Å²) in [6.45, 7) is 0. The van der Waals surface area contributed by atoms with Gasteiger partial charge in [0.25, 0.3) is 0 Å². The molecule has 5 heteroatoms. The van der Waals surface area contributed by atoms with Crippen LogP contribution >= 0.6 is 11.8 Å². The van der Waals surface area contributed by atoms with E-state index in [1.165, 1.54) is 30.2 Å². The van der Waals surface area contributed by atoms with E-state index in [0.29, 0.717) is 11.5 Å². The first-order valence-electron chi connectivity index (χ1n) is 4.20. The monoisotopic (exact) mass is 226 g/mol. The van der Waals surface area contributed by atoms with Crippen LogP contribution in [0.2, 0.25) is 0 Å². The summed E-state index contributed by atoms with van der Waals surface area (Å²) < 4.78 is 21.8. The molecule has 0 saturated heterocycles. The Morgan fingerprint density at radius 2 is 2.00 bits per heavy atom. The highest BCUT2D eigenvalue weighted by molar-refractivity contribution is 7.98. The highest BCUT2D eigenvalue weighted by Gasteiger charge is 2.02. The zero-order valence-corrected chi connectivity index (χ0v) is 8.42. The lowest BCUT2D eigenvalue weighted by molar-refractivity contribution is 0.378. The fraction of sp³-hybridized carbons (Fsp3) is 0.100. The first-order valence-corrected chi connectivity index (χ1v) is 5.18. The van der Waals surface area contributed by atoms with Crippen LogP contribution in [-0.2, 0) is 5.75 Å². The minimum absolute atomic E-state index is 0.269. The maximum Gasteiger partial charge on any atom is 0.518 e. The minimum Gasteiger partial charge on any atom is -0.399 e. The van der Waals surface area contributed by atoms with Gasteiger partial charge in [-0.3, -0.25) is 0 Å². The molecule has 78 valence electrons. The van der Waals surface area contributed by atoms with Crippen molar-refractivity contribution >= 4 is 11.8 Å². The lowest BCUT2D eigenvalue weighted by Gasteiger charge is -1.97. The molecule has 0 atom stereocenters. The number of rotatable bonds is 3. The molecule has 0 N–H and O–H groups in total. The molecule has 0 fully saturated rings. The second-order valence-electron chi connectivity index (χ2n) is 2.80. The number of halogens is 1. The summed E-state index contributed by atoms with van der Waals surface area (Å²) in [5.41, 5.74) is 0. The average molecular weight is 226 g/mol. The van der Waals surface area contributed by atoms with Gasteiger partial charge in [0.05, 0.1) is 5.75 Å². The smallest absolute Gasteiger partial charge is 0.399 e. The van der Waals surface area contributed by atoms with Crippen molar-refractivity contribution in [1.29, 1.82) is 0 Å². The van der Waals surface area contributed by atoms with E-state index in [1.807, 2.05) is 0 Å². The SMILES string of the molecule is O=c1occ(CSc2ccc(F)cc2)o1. The third-order valence-corrected chi connectivity index (χ3v) is 2.73. The van der Waals surface area contributed by atoms with Crippen molar-refractivity contribution in [3.8, 4) is 0 Å². The molecular weight excluding hydrogens is 219 g/mol. The molecule has 0 aliphatic carbocycles. The van der Waals surface area contributed by atoms with E-state index < -0.39 is 5.82 Å². The zero-order valence-electron chi connectivity index (χ0n) is 7.60. The van der Waals surface area contributed by atoms with Crippen molar-refractivity contribution in [3.05, 3.63) is 52.7 Å². The Labute approximate surface area is 88.9 Å². The topological polar surface area (TPSA) is 43.4 Å². The Balaban J connectivity index is 1.99. The van der Waals surface area contributed by atoms with Crippen LogP contribution in [0.4, 0.5) is 4.39 Å². The van der Waals surface area contributed by atoms with Gasteiger partial charge in [0.2, 0.25) is 0 Å². The van der Waals surface area contributed by atoms with E-state index in [4.69, 9.17) is 4.42 Å². The minimum atomic E-state index is -0.704. The summed E-state index contributed by atoms with van der Waals surface area (Å²) >= 11 is 1.44. The van der Waals surface area contributed by atoms with Gasteiger partial charge in [-0.2, -0.15) is 0 Å². The van der Waals surface area contributed by atoms with Gasteiger partial charge in [-0.05, 0) is 24.3 Å². The van der Waals surface area contributed by atoms with E-state index in [9.17, 15) is 9.18 Å². The highest BCUT2D eigenvalue weighted by atomic mass is 32.2. The third kappa shape index (κ3) is 2.73. The fourth-order valence-corrected chi connectivity index (χ4v) is 1.78. The van der Waals surface area contributed by atoms with E-state index >= 15 is 0 Å². The van der Waals surface area contributed by atoms with Crippen molar-refractivity contribution in [2.24, 2.45) is 0 Å². The predicted octanol–water partition coefficient (Wildman–Crippen LogP) is 2.66. The fourth-order valence-electron chi connectivity index (χ4n) is 1.02. The summed E-state index contributed by atoms with van der Waals surface area (Å²) in [6, 6.07) is 6.10. The molecule has 0 unspecified atom stereocenters. The van der Waals surface area contributed by atoms with Gasteiger partial charge in [-0.1, -0.05) is 0 Å². The summed E-state index contributed by atoms with van der Waals surface area (Å²) in [4.78, 5) is 11.5. The molecule has 0 radical (unpaired) electrons. The molecule has 0 bridgehead atoms. The molecule has 0 saturated carbocycles. The Kier molecular flexibility index (Phi) is 2.91. The second kappa shape index (κ2) is 4.35. The Bertz CT molecular complexity index is 486. The van der Waals surface area contributed by atoms with E-state index in [-0.39, 0.29) is 5.82 Å². The molecule has 2 aromatic rings. The van der Waals surface area contributed by atoms with Crippen molar-refractivity contribution in [2.75, 3.05) is 0 Å². The maximum absolute atomic E-state index is 12.6. The molecule has 1 aromatic heterocycles. The van der Waals surface area contributed by atoms with Gasteiger partial charge >= 0.3 is 5.82 Å². The molecule has 15 heavy (non-hydrogen) atoms. The number of hydrogen-bond acceptors (Lipinski definition) is 4. The second-order valence-corrected chi connectivity index (χ2v) is 3.85. The number of benzene rings is 1. The summed E-state index contributed by atoms with van der Waals surface area (Å²) in [5.74, 6) is -0.0228. The van der Waals surface area contributed by atoms with Gasteiger partial charge in [-0.25, -0.2) is 9.18 Å². The molecule has 0 aliphatic heterocycles. The highest BCUT2D eigenvalue weighted by Crippen LogP contribution is 2.22. The van der Waals surface area contributed by atoms with Crippen LogP contribution in [0.3, 0.4) is 0 Å². The summed E-state index contributed by atoms with van der Waals surface area (Å²) in [5, 5.41) is 0. The standard InChI is InChI=1S/C10H7FO3S/c11-7-1-3-9(4-2-7)15-6-8-5-13-10(12)14-8/h1-5H,6H2. The van der Waals surface area contributed by atoms with Crippen molar-refractivity contribution in [2.45, 2.75) is 10.6 Å². The normalized spacial score (nSPS) is 10.5. The van der Waals surface area contributed by atoms with E-state index in [1.54, 1.807) is 12.1 Å². The van der Waals surface area contributed by atoms with Gasteiger partial charge in [0.15, 0.2) is 5.76 Å². The maximum atomic E-state index is 12.6. The number of thioether (sulfide) groups is 1. The predicted molar refractivity (Wildman–Crippen MR) is 53.2 cm³/mol. The molecule has 0 aliphatic rings. The van der Waals surface area contributed by atoms with Gasteiger partial charge < -0.3 is 8.83 Å². The first-order chi connectivity index (χ1) is 7.24. The van der Waals surface area contributed by atoms with Crippen LogP contribution in [0.15, 0.2) is 49.1 Å². The van der Waals surface area contributed by atoms with E-state index in [2.05, 4.69) is 4.42 Å². The van der Waals surface area contributed by atoms with Crippen LogP contribution in [0, 0.1) is 5.82 Å². The van der Waals surface area contributed by atoms with E-state index in [0.717, 1.165) is 4.90 Å². The molecular formula is C10H7FO3S. The van der Waals surface area contributed by atoms with Gasteiger partial charge in [-0.15, -0.1) is 11.8 Å². The molecule has 0 amide bonds. The lowest BCUT2D eigenvalue weighted by Crippen LogP contribution is -1.86. The molecule has 1 aromatic carbocycles. The molecule has 2 rings (SSSR count). The number of hydrogen-bond donors (Lipinski definition) is 0. The van der Waals surface area contributed by atoms with Crippen LogP contribution in [0.5, 0.6) is 0 Å². The van der Waals surface area contributed by atoms with Crippen LogP contribution < -0.4 is 5.82 Å². The molecule has 3 nitrogen and oxygen atoms in total. The summed E-state index contributed by atoms with van der Waals surface area (Å²) in [7, 11) is 0. The largest absolute Gasteiger partial charge is 0.518 e. The van der Waals surface area contributed by atoms with Gasteiger partial charge in [0.1, 0.15) is 12.1 Å². The zero-order chi connectivity index (χ0) is 10.7. The lowest BCUT2D eigenvalue weighted by atomic mass is 10.4. The third-order valence-electron chi connectivity index (χ3n) is 1.70. The van der Waals surface area contributed by atoms with Crippen LogP contribution in [0.1, 0.15) is 5.76 Å². The van der Waals surface area contributed by atoms with Crippen molar-refractivity contribution in [1.82, 2.24) is 0 Å². The average Bonchev–Trinajstić information content (AvgIpc) is 2.64. The Hall–Kier alpha value is -1.49. The first kappa shape index (κ1) is 10.0. The van der Waals surface area contributed by atoms with Crippen LogP contribution in [-0.4, -0.2) is 0 Å². The summed E-state index contributed by atoms with van der Waals surface area (Å²) in [6.07, 6.45) is 1.28. The van der Waals surface area contributed by atoms with Crippen LogP contribution in [0.25, 0.3) is 0 Å². The van der Waals surface area contributed by atoms with Gasteiger partial charge in [0, 0.05) is 4.90 Å². The van der Waals surface area contributed by atoms with Crippen molar-refractivity contribution in [3.63, 3.8) is 0 Å². The quantitative estimate of drug-likeness (QED) is 0.754. The molecule has 0 spiro atoms. The molecule has 1 heterocycles. The Morgan fingerprint density at radius 1 is 1.27 bits per heavy atom.